The van der Waals surface area contributed by atoms with E-state index in [0.29, 0.717) is 19.1 Å². The van der Waals surface area contributed by atoms with Crippen LogP contribution in [-0.2, 0) is 6.42 Å². The Morgan fingerprint density at radius 3 is 3.12 bits per heavy atom. The number of rotatable bonds is 5. The van der Waals surface area contributed by atoms with Gasteiger partial charge in [-0.25, -0.2) is 0 Å². The van der Waals surface area contributed by atoms with E-state index in [2.05, 4.69) is 17.4 Å². The van der Waals surface area contributed by atoms with Crippen molar-refractivity contribution < 1.29 is 9.13 Å². The lowest BCUT2D eigenvalue weighted by Crippen LogP contribution is -2.12. The van der Waals surface area contributed by atoms with Gasteiger partial charge < -0.3 is 10.1 Å². The standard InChI is InChI=1S/C13H18FNO/c1-15-13-6-3-10-9-11(4-5-12(10)13)16-8-2-7-14/h4-5,9,13,15H,2-3,6-8H2,1H3. The van der Waals surface area contributed by atoms with E-state index < -0.39 is 0 Å². The van der Waals surface area contributed by atoms with Crippen molar-refractivity contribution in [3.63, 3.8) is 0 Å². The largest absolute Gasteiger partial charge is 0.493 e. The van der Waals surface area contributed by atoms with E-state index in [1.165, 1.54) is 11.1 Å². The minimum Gasteiger partial charge on any atom is -0.493 e. The number of hydrogen-bond donors (Lipinski definition) is 1. The summed E-state index contributed by atoms with van der Waals surface area (Å²) in [7, 11) is 1.99. The molecule has 0 spiro atoms. The number of alkyl halides is 1. The van der Waals surface area contributed by atoms with E-state index in [1.807, 2.05) is 13.1 Å². The van der Waals surface area contributed by atoms with Crippen LogP contribution in [0.25, 0.3) is 0 Å². The van der Waals surface area contributed by atoms with Crippen molar-refractivity contribution in [1.29, 1.82) is 0 Å². The number of halogens is 1. The molecule has 0 aliphatic heterocycles. The van der Waals surface area contributed by atoms with Gasteiger partial charge in [-0.1, -0.05) is 6.07 Å². The van der Waals surface area contributed by atoms with Crippen molar-refractivity contribution >= 4 is 0 Å². The number of hydrogen-bond acceptors (Lipinski definition) is 2. The smallest absolute Gasteiger partial charge is 0.119 e. The molecule has 0 saturated carbocycles. The van der Waals surface area contributed by atoms with Gasteiger partial charge in [-0.15, -0.1) is 0 Å². The van der Waals surface area contributed by atoms with E-state index in [4.69, 9.17) is 4.74 Å². The van der Waals surface area contributed by atoms with Crippen molar-refractivity contribution in [3.05, 3.63) is 29.3 Å². The highest BCUT2D eigenvalue weighted by Crippen LogP contribution is 2.33. The lowest BCUT2D eigenvalue weighted by atomic mass is 10.1. The highest BCUT2D eigenvalue weighted by Gasteiger charge is 2.20. The molecule has 0 saturated heterocycles. The van der Waals surface area contributed by atoms with Crippen LogP contribution >= 0.6 is 0 Å². The maximum atomic E-state index is 11.9. The van der Waals surface area contributed by atoms with Gasteiger partial charge in [-0.3, -0.25) is 4.39 Å². The zero-order valence-corrected chi connectivity index (χ0v) is 9.63. The van der Waals surface area contributed by atoms with Gasteiger partial charge in [0.25, 0.3) is 0 Å². The zero-order chi connectivity index (χ0) is 11.4. The molecule has 0 bridgehead atoms. The molecule has 2 rings (SSSR count). The maximum absolute atomic E-state index is 11.9. The van der Waals surface area contributed by atoms with Crippen LogP contribution < -0.4 is 10.1 Å². The van der Waals surface area contributed by atoms with Crippen LogP contribution in [0.2, 0.25) is 0 Å². The second-order valence-electron chi connectivity index (χ2n) is 4.13. The van der Waals surface area contributed by atoms with Crippen LogP contribution in [0.3, 0.4) is 0 Å². The summed E-state index contributed by atoms with van der Waals surface area (Å²) in [6.07, 6.45) is 2.72. The first-order valence-electron chi connectivity index (χ1n) is 5.84. The van der Waals surface area contributed by atoms with E-state index in [9.17, 15) is 4.39 Å². The van der Waals surface area contributed by atoms with Gasteiger partial charge in [0.05, 0.1) is 13.3 Å². The highest BCUT2D eigenvalue weighted by atomic mass is 19.1. The van der Waals surface area contributed by atoms with Crippen molar-refractivity contribution in [1.82, 2.24) is 5.32 Å². The fourth-order valence-corrected chi connectivity index (χ4v) is 2.23. The first-order chi connectivity index (χ1) is 7.85. The molecular formula is C13H18FNO. The molecule has 1 aliphatic rings. The Morgan fingerprint density at radius 2 is 2.38 bits per heavy atom. The summed E-state index contributed by atoms with van der Waals surface area (Å²) in [6, 6.07) is 6.67. The SMILES string of the molecule is CNC1CCc2cc(OCCCF)ccc21. The third kappa shape index (κ3) is 2.35. The number of benzene rings is 1. The Kier molecular flexibility index (Phi) is 3.78. The molecule has 0 radical (unpaired) electrons. The van der Waals surface area contributed by atoms with Crippen LogP contribution in [0, 0.1) is 0 Å². The summed E-state index contributed by atoms with van der Waals surface area (Å²) >= 11 is 0. The topological polar surface area (TPSA) is 21.3 Å². The first-order valence-corrected chi connectivity index (χ1v) is 5.84. The number of fused-ring (bicyclic) bond motifs is 1. The Balaban J connectivity index is 2.03. The Bertz CT molecular complexity index is 354. The molecule has 16 heavy (non-hydrogen) atoms. The lowest BCUT2D eigenvalue weighted by molar-refractivity contribution is 0.289. The quantitative estimate of drug-likeness (QED) is 0.775. The van der Waals surface area contributed by atoms with Crippen molar-refractivity contribution in [3.8, 4) is 5.75 Å². The fourth-order valence-electron chi connectivity index (χ4n) is 2.23. The molecule has 1 aliphatic carbocycles. The van der Waals surface area contributed by atoms with Crippen LogP contribution in [-0.4, -0.2) is 20.3 Å². The predicted octanol–water partition coefficient (Wildman–Crippen LogP) is 2.63. The molecule has 1 atom stereocenters. The Labute approximate surface area is 95.8 Å². The second kappa shape index (κ2) is 5.30. The van der Waals surface area contributed by atoms with Gasteiger partial charge in [-0.2, -0.15) is 0 Å². The molecule has 3 heteroatoms. The summed E-state index contributed by atoms with van der Waals surface area (Å²) in [6.45, 7) is 0.150. The van der Waals surface area contributed by atoms with Crippen LogP contribution in [0.5, 0.6) is 5.75 Å². The molecule has 0 fully saturated rings. The molecule has 1 N–H and O–H groups in total. The van der Waals surface area contributed by atoms with E-state index in [-0.39, 0.29) is 6.67 Å². The molecule has 1 unspecified atom stereocenters. The van der Waals surface area contributed by atoms with Gasteiger partial charge in [0, 0.05) is 12.5 Å². The third-order valence-corrected chi connectivity index (χ3v) is 3.09. The van der Waals surface area contributed by atoms with Gasteiger partial charge >= 0.3 is 0 Å². The predicted molar refractivity (Wildman–Crippen MR) is 62.7 cm³/mol. The van der Waals surface area contributed by atoms with Crippen LogP contribution in [0.1, 0.15) is 30.0 Å². The van der Waals surface area contributed by atoms with E-state index in [1.54, 1.807) is 0 Å². The van der Waals surface area contributed by atoms with Gasteiger partial charge in [0.2, 0.25) is 0 Å². The third-order valence-electron chi connectivity index (χ3n) is 3.09. The van der Waals surface area contributed by atoms with Gasteiger partial charge in [0.15, 0.2) is 0 Å². The highest BCUT2D eigenvalue weighted by molar-refractivity contribution is 5.40. The summed E-state index contributed by atoms with van der Waals surface area (Å²) in [4.78, 5) is 0. The van der Waals surface area contributed by atoms with Crippen LogP contribution in [0.15, 0.2) is 18.2 Å². The number of ether oxygens (including phenoxy) is 1. The molecule has 0 heterocycles. The summed E-state index contributed by atoms with van der Waals surface area (Å²) < 4.78 is 17.4. The number of aryl methyl sites for hydroxylation is 1. The average Bonchev–Trinajstić information content (AvgIpc) is 2.71. The Hall–Kier alpha value is -1.09. The van der Waals surface area contributed by atoms with Gasteiger partial charge in [-0.05, 0) is 43.1 Å². The summed E-state index contributed by atoms with van der Waals surface area (Å²) in [5.74, 6) is 0.865. The minimum atomic E-state index is -0.313. The zero-order valence-electron chi connectivity index (χ0n) is 9.63. The maximum Gasteiger partial charge on any atom is 0.119 e. The monoisotopic (exact) mass is 223 g/mol. The molecule has 0 aromatic heterocycles. The average molecular weight is 223 g/mol. The fraction of sp³-hybridized carbons (Fsp3) is 0.538. The normalized spacial score (nSPS) is 18.5. The Morgan fingerprint density at radius 1 is 1.50 bits per heavy atom. The summed E-state index contributed by atoms with van der Waals surface area (Å²) in [5, 5.41) is 3.30. The lowest BCUT2D eigenvalue weighted by Gasteiger charge is -2.11. The van der Waals surface area contributed by atoms with Crippen molar-refractivity contribution in [2.24, 2.45) is 0 Å². The van der Waals surface area contributed by atoms with Gasteiger partial charge in [0.1, 0.15) is 5.75 Å². The van der Waals surface area contributed by atoms with Crippen LogP contribution in [0.4, 0.5) is 4.39 Å². The minimum absolute atomic E-state index is 0.313. The molecule has 1 aromatic carbocycles. The molecule has 1 aromatic rings. The first kappa shape index (κ1) is 11.4. The van der Waals surface area contributed by atoms with Crippen molar-refractivity contribution in [2.45, 2.75) is 25.3 Å². The van der Waals surface area contributed by atoms with E-state index in [0.717, 1.165) is 18.6 Å². The molecule has 0 amide bonds. The molecule has 2 nitrogen and oxygen atoms in total. The second-order valence-corrected chi connectivity index (χ2v) is 4.13. The van der Waals surface area contributed by atoms with Crippen molar-refractivity contribution in [2.75, 3.05) is 20.3 Å². The molecular weight excluding hydrogens is 205 g/mol. The number of nitrogens with one attached hydrogen (secondary N) is 1. The van der Waals surface area contributed by atoms with E-state index >= 15 is 0 Å². The molecule has 88 valence electrons. The summed E-state index contributed by atoms with van der Waals surface area (Å²) in [5.41, 5.74) is 2.73.